The van der Waals surface area contributed by atoms with E-state index in [1.807, 2.05) is 0 Å². The molecule has 1 saturated heterocycles. The summed E-state index contributed by atoms with van der Waals surface area (Å²) in [6.07, 6.45) is 1.28. The molecule has 1 aromatic carbocycles. The summed E-state index contributed by atoms with van der Waals surface area (Å²) in [6, 6.07) is 9.02. The van der Waals surface area contributed by atoms with Gasteiger partial charge in [0.15, 0.2) is 0 Å². The van der Waals surface area contributed by atoms with Crippen LogP contribution in [-0.2, 0) is 6.54 Å². The molecule has 1 aliphatic rings. The van der Waals surface area contributed by atoms with Crippen LogP contribution in [0.25, 0.3) is 0 Å². The molecule has 1 unspecified atom stereocenters. The fourth-order valence-electron chi connectivity index (χ4n) is 2.25. The summed E-state index contributed by atoms with van der Waals surface area (Å²) >= 11 is 0. The molecule has 0 spiro atoms. The van der Waals surface area contributed by atoms with Gasteiger partial charge < -0.3 is 10.2 Å². The molecule has 1 aliphatic heterocycles. The Morgan fingerprint density at radius 2 is 2.27 bits per heavy atom. The summed E-state index contributed by atoms with van der Waals surface area (Å²) in [5, 5.41) is 3.42. The third-order valence-corrected chi connectivity index (χ3v) is 2.98. The van der Waals surface area contributed by atoms with Crippen LogP contribution in [0.4, 0.5) is 0 Å². The minimum absolute atomic E-state index is 0.729. The predicted octanol–water partition coefficient (Wildman–Crippen LogP) is 1.83. The first kappa shape index (κ1) is 10.7. The third-order valence-electron chi connectivity index (χ3n) is 2.98. The zero-order chi connectivity index (χ0) is 10.7. The van der Waals surface area contributed by atoms with Crippen molar-refractivity contribution in [1.29, 1.82) is 0 Å². The molecule has 1 heterocycles. The Hall–Kier alpha value is -0.860. The second-order valence-corrected chi connectivity index (χ2v) is 4.67. The van der Waals surface area contributed by atoms with E-state index in [0.717, 1.165) is 19.0 Å². The van der Waals surface area contributed by atoms with Crippen molar-refractivity contribution in [3.63, 3.8) is 0 Å². The molecule has 0 amide bonds. The van der Waals surface area contributed by atoms with Crippen molar-refractivity contribution in [1.82, 2.24) is 10.2 Å². The molecule has 1 N–H and O–H groups in total. The lowest BCUT2D eigenvalue weighted by atomic mass is 9.96. The van der Waals surface area contributed by atoms with E-state index in [9.17, 15) is 0 Å². The van der Waals surface area contributed by atoms with Gasteiger partial charge in [-0.3, -0.25) is 0 Å². The summed E-state index contributed by atoms with van der Waals surface area (Å²) in [5.74, 6) is 0.729. The highest BCUT2D eigenvalue weighted by atomic mass is 15.0. The van der Waals surface area contributed by atoms with Crippen molar-refractivity contribution < 1.29 is 0 Å². The number of benzene rings is 1. The van der Waals surface area contributed by atoms with Crippen LogP contribution < -0.4 is 5.32 Å². The lowest BCUT2D eigenvalue weighted by Crippen LogP contribution is -2.11. The molecule has 2 rings (SSSR count). The van der Waals surface area contributed by atoms with Gasteiger partial charge in [-0.05, 0) is 44.1 Å². The highest BCUT2D eigenvalue weighted by Crippen LogP contribution is 2.23. The van der Waals surface area contributed by atoms with E-state index in [-0.39, 0.29) is 0 Å². The summed E-state index contributed by atoms with van der Waals surface area (Å²) in [5.41, 5.74) is 2.92. The molecule has 0 aromatic heterocycles. The van der Waals surface area contributed by atoms with Gasteiger partial charge in [0.05, 0.1) is 0 Å². The van der Waals surface area contributed by atoms with E-state index in [1.165, 1.54) is 24.1 Å². The van der Waals surface area contributed by atoms with Crippen molar-refractivity contribution in [2.45, 2.75) is 18.9 Å². The Bertz CT molecular complexity index is 314. The first-order valence-corrected chi connectivity index (χ1v) is 5.70. The molecule has 0 saturated carbocycles. The average Bonchev–Trinajstić information content (AvgIpc) is 2.69. The smallest absolute Gasteiger partial charge is 0.0227 e. The molecule has 1 aromatic rings. The molecule has 1 fully saturated rings. The topological polar surface area (TPSA) is 15.3 Å². The van der Waals surface area contributed by atoms with Crippen LogP contribution in [-0.4, -0.2) is 32.1 Å². The van der Waals surface area contributed by atoms with Crippen molar-refractivity contribution >= 4 is 0 Å². The van der Waals surface area contributed by atoms with Gasteiger partial charge in [0, 0.05) is 13.1 Å². The fraction of sp³-hybridized carbons (Fsp3) is 0.538. The SMILES string of the molecule is CN(C)Cc1cccc(C2CCNC2)c1. The lowest BCUT2D eigenvalue weighted by molar-refractivity contribution is 0.402. The molecule has 2 heteroatoms. The monoisotopic (exact) mass is 204 g/mol. The van der Waals surface area contributed by atoms with Crippen LogP contribution in [0.1, 0.15) is 23.5 Å². The number of hydrogen-bond acceptors (Lipinski definition) is 2. The van der Waals surface area contributed by atoms with Crippen LogP contribution >= 0.6 is 0 Å². The van der Waals surface area contributed by atoms with Crippen molar-refractivity contribution in [2.24, 2.45) is 0 Å². The molecule has 0 bridgehead atoms. The van der Waals surface area contributed by atoms with E-state index < -0.39 is 0 Å². The number of rotatable bonds is 3. The molecule has 1 atom stereocenters. The molecule has 0 aliphatic carbocycles. The second kappa shape index (κ2) is 4.77. The zero-order valence-electron chi connectivity index (χ0n) is 9.66. The quantitative estimate of drug-likeness (QED) is 0.808. The zero-order valence-corrected chi connectivity index (χ0v) is 9.66. The summed E-state index contributed by atoms with van der Waals surface area (Å²) in [6.45, 7) is 3.35. The maximum Gasteiger partial charge on any atom is 0.0227 e. The standard InChI is InChI=1S/C13H20N2/c1-15(2)10-11-4-3-5-12(8-11)13-6-7-14-9-13/h3-5,8,13-14H,6-7,9-10H2,1-2H3. The molecule has 15 heavy (non-hydrogen) atoms. The largest absolute Gasteiger partial charge is 0.316 e. The number of hydrogen-bond donors (Lipinski definition) is 1. The van der Waals surface area contributed by atoms with Gasteiger partial charge in [-0.15, -0.1) is 0 Å². The van der Waals surface area contributed by atoms with Crippen molar-refractivity contribution in [3.8, 4) is 0 Å². The Labute approximate surface area is 92.3 Å². The predicted molar refractivity (Wildman–Crippen MR) is 64.1 cm³/mol. The Balaban J connectivity index is 2.11. The van der Waals surface area contributed by atoms with Crippen molar-refractivity contribution in [2.75, 3.05) is 27.2 Å². The normalized spacial score (nSPS) is 21.1. The van der Waals surface area contributed by atoms with Gasteiger partial charge in [0.25, 0.3) is 0 Å². The van der Waals surface area contributed by atoms with Crippen LogP contribution in [0.5, 0.6) is 0 Å². The Morgan fingerprint density at radius 3 is 2.93 bits per heavy atom. The van der Waals surface area contributed by atoms with Crippen LogP contribution in [0.15, 0.2) is 24.3 Å². The highest BCUT2D eigenvalue weighted by molar-refractivity contribution is 5.27. The molecular formula is C13H20N2. The summed E-state index contributed by atoms with van der Waals surface area (Å²) in [7, 11) is 4.23. The van der Waals surface area contributed by atoms with E-state index in [4.69, 9.17) is 0 Å². The minimum Gasteiger partial charge on any atom is -0.316 e. The minimum atomic E-state index is 0.729. The van der Waals surface area contributed by atoms with Crippen molar-refractivity contribution in [3.05, 3.63) is 35.4 Å². The molecule has 0 radical (unpaired) electrons. The van der Waals surface area contributed by atoms with E-state index in [2.05, 4.69) is 48.6 Å². The van der Waals surface area contributed by atoms with Gasteiger partial charge >= 0.3 is 0 Å². The average molecular weight is 204 g/mol. The number of nitrogens with zero attached hydrogens (tertiary/aromatic N) is 1. The summed E-state index contributed by atoms with van der Waals surface area (Å²) in [4.78, 5) is 2.21. The van der Waals surface area contributed by atoms with Gasteiger partial charge in [0.2, 0.25) is 0 Å². The molecular weight excluding hydrogens is 184 g/mol. The fourth-order valence-corrected chi connectivity index (χ4v) is 2.25. The maximum atomic E-state index is 3.42. The van der Waals surface area contributed by atoms with E-state index in [0.29, 0.717) is 0 Å². The maximum absolute atomic E-state index is 3.42. The van der Waals surface area contributed by atoms with Gasteiger partial charge in [-0.1, -0.05) is 24.3 Å². The summed E-state index contributed by atoms with van der Waals surface area (Å²) < 4.78 is 0. The third kappa shape index (κ3) is 2.80. The second-order valence-electron chi connectivity index (χ2n) is 4.67. The molecule has 2 nitrogen and oxygen atoms in total. The lowest BCUT2D eigenvalue weighted by Gasteiger charge is -2.13. The number of nitrogens with one attached hydrogen (secondary N) is 1. The van der Waals surface area contributed by atoms with Crippen LogP contribution in [0.3, 0.4) is 0 Å². The van der Waals surface area contributed by atoms with Gasteiger partial charge in [0.1, 0.15) is 0 Å². The first-order chi connectivity index (χ1) is 7.25. The van der Waals surface area contributed by atoms with Crippen LogP contribution in [0, 0.1) is 0 Å². The highest BCUT2D eigenvalue weighted by Gasteiger charge is 2.16. The Morgan fingerprint density at radius 1 is 1.40 bits per heavy atom. The Kier molecular flexibility index (Phi) is 3.39. The van der Waals surface area contributed by atoms with Gasteiger partial charge in [-0.2, -0.15) is 0 Å². The first-order valence-electron chi connectivity index (χ1n) is 5.70. The molecule has 82 valence electrons. The van der Waals surface area contributed by atoms with Crippen LogP contribution in [0.2, 0.25) is 0 Å². The van der Waals surface area contributed by atoms with E-state index >= 15 is 0 Å². The van der Waals surface area contributed by atoms with E-state index in [1.54, 1.807) is 0 Å². The van der Waals surface area contributed by atoms with Gasteiger partial charge in [-0.25, -0.2) is 0 Å².